The van der Waals surface area contributed by atoms with Crippen LogP contribution in [0.5, 0.6) is 11.5 Å². The van der Waals surface area contributed by atoms with Crippen LogP contribution < -0.4 is 20.2 Å². The third kappa shape index (κ3) is 6.40. The Labute approximate surface area is 147 Å². The summed E-state index contributed by atoms with van der Waals surface area (Å²) >= 11 is 0. The number of rotatable bonds is 9. The molecule has 0 atom stereocenters. The smallest absolute Gasteiger partial charge is 0.237 e. The molecule has 2 N–H and O–H groups in total. The Kier molecular flexibility index (Phi) is 8.31. The average Bonchev–Trinajstić information content (AvgIpc) is 2.60. The van der Waals surface area contributed by atoms with Crippen LogP contribution in [0.25, 0.3) is 0 Å². The summed E-state index contributed by atoms with van der Waals surface area (Å²) in [6, 6.07) is 6.92. The summed E-state index contributed by atoms with van der Waals surface area (Å²) in [5.74, 6) is 0.897. The normalized spacial score (nSPS) is 9.32. The number of anilines is 1. The van der Waals surface area contributed by atoms with Gasteiger partial charge in [-0.25, -0.2) is 0 Å². The molecular weight excluding hydrogens is 322 g/mol. The largest absolute Gasteiger partial charge is 0.493 e. The van der Waals surface area contributed by atoms with Gasteiger partial charge in [-0.2, -0.15) is 15.6 Å². The fourth-order valence-electron chi connectivity index (χ4n) is 2.03. The minimum absolute atomic E-state index is 0.133. The summed E-state index contributed by atoms with van der Waals surface area (Å²) < 4.78 is 11.0. The van der Waals surface area contributed by atoms with Crippen LogP contribution in [0.2, 0.25) is 0 Å². The summed E-state index contributed by atoms with van der Waals surface area (Å²) in [5, 5.41) is 24.0. The molecule has 0 unspecified atom stereocenters. The molecule has 0 bridgehead atoms. The fraction of sp³-hybridized carbons (Fsp3) is 0.412. The number of nitriles is 2. The van der Waals surface area contributed by atoms with Crippen molar-refractivity contribution in [3.05, 3.63) is 17.7 Å². The van der Waals surface area contributed by atoms with Gasteiger partial charge >= 0.3 is 0 Å². The van der Waals surface area contributed by atoms with Gasteiger partial charge in [0.1, 0.15) is 18.7 Å². The quantitative estimate of drug-likeness (QED) is 0.402. The van der Waals surface area contributed by atoms with Crippen molar-refractivity contribution in [3.8, 4) is 23.6 Å². The predicted octanol–water partition coefficient (Wildman–Crippen LogP) is 1.98. The van der Waals surface area contributed by atoms with E-state index in [4.69, 9.17) is 20.0 Å². The average molecular weight is 343 g/mol. The molecule has 0 aliphatic carbocycles. The van der Waals surface area contributed by atoms with Crippen molar-refractivity contribution < 1.29 is 14.3 Å². The molecule has 0 saturated heterocycles. The van der Waals surface area contributed by atoms with E-state index in [0.717, 1.165) is 18.4 Å². The highest BCUT2D eigenvalue weighted by atomic mass is 16.5. The number of amides is 1. The van der Waals surface area contributed by atoms with Crippen LogP contribution in [0.4, 0.5) is 5.69 Å². The number of nitrogens with one attached hydrogen (secondary N) is 2. The highest BCUT2D eigenvalue weighted by Gasteiger charge is 2.12. The van der Waals surface area contributed by atoms with E-state index in [0.29, 0.717) is 23.7 Å². The molecule has 0 fully saturated rings. The lowest BCUT2D eigenvalue weighted by molar-refractivity contribution is -0.119. The van der Waals surface area contributed by atoms with Gasteiger partial charge < -0.3 is 14.8 Å². The topological polar surface area (TPSA) is 120 Å². The van der Waals surface area contributed by atoms with Crippen molar-refractivity contribution >= 4 is 17.3 Å². The second-order valence-electron chi connectivity index (χ2n) is 5.04. The van der Waals surface area contributed by atoms with Gasteiger partial charge in [0.05, 0.1) is 19.3 Å². The van der Waals surface area contributed by atoms with Crippen molar-refractivity contribution in [2.45, 2.75) is 26.7 Å². The highest BCUT2D eigenvalue weighted by Crippen LogP contribution is 2.34. The third-order valence-corrected chi connectivity index (χ3v) is 3.14. The minimum Gasteiger partial charge on any atom is -0.493 e. The number of carbonyl (C=O) groups excluding carboxylic acids is 1. The van der Waals surface area contributed by atoms with Gasteiger partial charge in [0.2, 0.25) is 11.6 Å². The molecule has 1 aromatic rings. The lowest BCUT2D eigenvalue weighted by atomic mass is 10.1. The van der Waals surface area contributed by atoms with Crippen molar-refractivity contribution in [3.63, 3.8) is 0 Å². The summed E-state index contributed by atoms with van der Waals surface area (Å²) in [6.45, 7) is 4.10. The maximum absolute atomic E-state index is 10.9. The number of nitrogens with zero attached hydrogens (tertiary/aromatic N) is 3. The number of ether oxygens (including phenoxy) is 2. The maximum Gasteiger partial charge on any atom is 0.237 e. The molecule has 0 aromatic heterocycles. The molecule has 25 heavy (non-hydrogen) atoms. The zero-order chi connectivity index (χ0) is 18.7. The van der Waals surface area contributed by atoms with E-state index in [-0.39, 0.29) is 18.2 Å². The number of hydrogen-bond acceptors (Lipinski definition) is 7. The fourth-order valence-corrected chi connectivity index (χ4v) is 2.03. The molecule has 0 radical (unpaired) electrons. The zero-order valence-electron chi connectivity index (χ0n) is 14.5. The SMILES string of the molecule is CCCc1cc(OC)c(OCCNC(C)=O)cc1NN=C(C#N)C#N. The Morgan fingerprint density at radius 3 is 2.56 bits per heavy atom. The van der Waals surface area contributed by atoms with Crippen LogP contribution in [0.15, 0.2) is 17.2 Å². The molecule has 1 rings (SSSR count). The summed E-state index contributed by atoms with van der Waals surface area (Å²) in [5.41, 5.74) is 4.01. The lowest BCUT2D eigenvalue weighted by Gasteiger charge is -2.16. The first kappa shape index (κ1) is 19.8. The van der Waals surface area contributed by atoms with Gasteiger partial charge in [-0.1, -0.05) is 13.3 Å². The molecule has 132 valence electrons. The number of hydrazone groups is 1. The number of benzene rings is 1. The molecule has 8 heteroatoms. The number of methoxy groups -OCH3 is 1. The Hall–Kier alpha value is -3.26. The second-order valence-corrected chi connectivity index (χ2v) is 5.04. The standard InChI is InChI=1S/C17H21N5O3/c1-4-5-13-8-16(24-3)17(25-7-6-20-12(2)23)9-15(13)22-21-14(10-18)11-19/h8-9,22H,4-7H2,1-3H3,(H,20,23). The number of hydrogen-bond donors (Lipinski definition) is 2. The molecular formula is C17H21N5O3. The molecule has 1 aromatic carbocycles. The molecule has 0 heterocycles. The first-order chi connectivity index (χ1) is 12.0. The van der Waals surface area contributed by atoms with E-state index >= 15 is 0 Å². The van der Waals surface area contributed by atoms with Gasteiger partial charge in [0.25, 0.3) is 0 Å². The van der Waals surface area contributed by atoms with Crippen molar-refractivity contribution in [1.29, 1.82) is 10.5 Å². The van der Waals surface area contributed by atoms with Crippen LogP contribution >= 0.6 is 0 Å². The Bertz CT molecular complexity index is 700. The maximum atomic E-state index is 10.9. The molecule has 0 aliphatic heterocycles. The zero-order valence-corrected chi connectivity index (χ0v) is 14.5. The van der Waals surface area contributed by atoms with Crippen LogP contribution in [-0.2, 0) is 11.2 Å². The Morgan fingerprint density at radius 2 is 2.00 bits per heavy atom. The summed E-state index contributed by atoms with van der Waals surface area (Å²) in [4.78, 5) is 10.9. The van der Waals surface area contributed by atoms with E-state index in [2.05, 4.69) is 15.8 Å². The highest BCUT2D eigenvalue weighted by molar-refractivity contribution is 6.10. The predicted molar refractivity (Wildman–Crippen MR) is 93.5 cm³/mol. The van der Waals surface area contributed by atoms with Crippen LogP contribution in [0.3, 0.4) is 0 Å². The first-order valence-corrected chi connectivity index (χ1v) is 7.77. The molecule has 0 aliphatic rings. The van der Waals surface area contributed by atoms with E-state index in [1.807, 2.05) is 13.0 Å². The van der Waals surface area contributed by atoms with Crippen molar-refractivity contribution in [1.82, 2.24) is 5.32 Å². The van der Waals surface area contributed by atoms with Gasteiger partial charge in [0, 0.05) is 13.0 Å². The molecule has 8 nitrogen and oxygen atoms in total. The van der Waals surface area contributed by atoms with Crippen LogP contribution in [0, 0.1) is 22.7 Å². The summed E-state index contributed by atoms with van der Waals surface area (Å²) in [7, 11) is 1.54. The molecule has 0 saturated carbocycles. The first-order valence-electron chi connectivity index (χ1n) is 7.77. The van der Waals surface area contributed by atoms with E-state index in [1.165, 1.54) is 6.92 Å². The summed E-state index contributed by atoms with van der Waals surface area (Å²) in [6.07, 6.45) is 1.66. The Morgan fingerprint density at radius 1 is 1.28 bits per heavy atom. The Balaban J connectivity index is 3.05. The van der Waals surface area contributed by atoms with Crippen molar-refractivity contribution in [2.75, 3.05) is 25.7 Å². The number of carbonyl (C=O) groups is 1. The van der Waals surface area contributed by atoms with E-state index < -0.39 is 0 Å². The van der Waals surface area contributed by atoms with Gasteiger partial charge in [0.15, 0.2) is 11.5 Å². The second kappa shape index (κ2) is 10.5. The van der Waals surface area contributed by atoms with Gasteiger partial charge in [-0.05, 0) is 18.1 Å². The third-order valence-electron chi connectivity index (χ3n) is 3.14. The molecule has 1 amide bonds. The van der Waals surface area contributed by atoms with Crippen molar-refractivity contribution in [2.24, 2.45) is 5.10 Å². The van der Waals surface area contributed by atoms with E-state index in [9.17, 15) is 4.79 Å². The van der Waals surface area contributed by atoms with E-state index in [1.54, 1.807) is 25.3 Å². The van der Waals surface area contributed by atoms with Crippen LogP contribution in [0.1, 0.15) is 25.8 Å². The number of aryl methyl sites for hydroxylation is 1. The van der Waals surface area contributed by atoms with Gasteiger partial charge in [-0.3, -0.25) is 10.2 Å². The van der Waals surface area contributed by atoms with Crippen LogP contribution in [-0.4, -0.2) is 31.9 Å². The van der Waals surface area contributed by atoms with Gasteiger partial charge in [-0.15, -0.1) is 0 Å². The minimum atomic E-state index is -0.272. The lowest BCUT2D eigenvalue weighted by Crippen LogP contribution is -2.25. The monoisotopic (exact) mass is 343 g/mol. The molecule has 0 spiro atoms.